The molecular formula is C15H24OSi. The van der Waals surface area contributed by atoms with E-state index in [1.54, 1.807) is 0 Å². The first-order chi connectivity index (χ1) is 7.67. The molecule has 0 spiro atoms. The zero-order valence-electron chi connectivity index (χ0n) is 11.6. The maximum Gasteiger partial charge on any atom is 0.0927 e. The summed E-state index contributed by atoms with van der Waals surface area (Å²) in [5.41, 5.74) is 0.130. The van der Waals surface area contributed by atoms with Crippen molar-refractivity contribution in [3.63, 3.8) is 0 Å². The number of benzene rings is 1. The fourth-order valence-electron chi connectivity index (χ4n) is 2.01. The Bertz CT molecular complexity index is 387. The highest BCUT2D eigenvalue weighted by Gasteiger charge is 2.36. The van der Waals surface area contributed by atoms with Gasteiger partial charge in [0.1, 0.15) is 0 Å². The summed E-state index contributed by atoms with van der Waals surface area (Å²) in [6.45, 7) is 15.0. The summed E-state index contributed by atoms with van der Waals surface area (Å²) in [7, 11) is -1.42. The predicted octanol–water partition coefficient (Wildman–Crippen LogP) is 3.96. The van der Waals surface area contributed by atoms with Crippen LogP contribution in [0, 0.1) is 5.92 Å². The van der Waals surface area contributed by atoms with Crippen molar-refractivity contribution in [2.45, 2.75) is 39.1 Å². The molecule has 0 fully saturated rings. The van der Waals surface area contributed by atoms with Crippen molar-refractivity contribution in [2.24, 2.45) is 5.92 Å². The van der Waals surface area contributed by atoms with Crippen molar-refractivity contribution in [2.75, 3.05) is 0 Å². The Morgan fingerprint density at radius 1 is 1.24 bits per heavy atom. The van der Waals surface area contributed by atoms with Crippen molar-refractivity contribution >= 4 is 8.07 Å². The van der Waals surface area contributed by atoms with Gasteiger partial charge in [0.05, 0.1) is 13.7 Å². The van der Waals surface area contributed by atoms with Gasteiger partial charge in [-0.15, -0.1) is 6.58 Å². The van der Waals surface area contributed by atoms with Crippen molar-refractivity contribution in [3.05, 3.63) is 47.7 Å². The largest absolute Gasteiger partial charge is 0.385 e. The average molecular weight is 248 g/mol. The normalized spacial score (nSPS) is 17.3. The van der Waals surface area contributed by atoms with Gasteiger partial charge in [-0.3, -0.25) is 0 Å². The van der Waals surface area contributed by atoms with E-state index in [4.69, 9.17) is 0 Å². The molecule has 17 heavy (non-hydrogen) atoms. The van der Waals surface area contributed by atoms with E-state index in [0.29, 0.717) is 0 Å². The highest BCUT2D eigenvalue weighted by atomic mass is 28.3. The Kier molecular flexibility index (Phi) is 4.00. The predicted molar refractivity (Wildman–Crippen MR) is 77.7 cm³/mol. The molecule has 1 rings (SSSR count). The van der Waals surface area contributed by atoms with Crippen molar-refractivity contribution in [1.29, 1.82) is 0 Å². The molecule has 1 nitrogen and oxygen atoms in total. The quantitative estimate of drug-likeness (QED) is 0.800. The molecule has 0 bridgehead atoms. The van der Waals surface area contributed by atoms with Crippen LogP contribution in [-0.2, 0) is 5.60 Å². The van der Waals surface area contributed by atoms with Gasteiger partial charge in [0.15, 0.2) is 0 Å². The highest BCUT2D eigenvalue weighted by molar-refractivity contribution is 6.83. The lowest BCUT2D eigenvalue weighted by Gasteiger charge is -2.36. The van der Waals surface area contributed by atoms with Crippen LogP contribution in [0.1, 0.15) is 19.4 Å². The van der Waals surface area contributed by atoms with Crippen LogP contribution in [-0.4, -0.2) is 13.2 Å². The number of hydrogen-bond acceptors (Lipinski definition) is 1. The van der Waals surface area contributed by atoms with E-state index in [2.05, 4.69) is 33.1 Å². The molecule has 1 aromatic rings. The summed E-state index contributed by atoms with van der Waals surface area (Å²) >= 11 is 0. The van der Waals surface area contributed by atoms with E-state index in [9.17, 15) is 5.11 Å². The molecule has 1 aromatic carbocycles. The van der Waals surface area contributed by atoms with E-state index in [0.717, 1.165) is 5.56 Å². The minimum absolute atomic E-state index is 0.0802. The topological polar surface area (TPSA) is 20.2 Å². The number of hydrogen-bond donors (Lipinski definition) is 1. The second kappa shape index (κ2) is 4.79. The summed E-state index contributed by atoms with van der Waals surface area (Å²) in [4.78, 5) is 0. The lowest BCUT2D eigenvalue weighted by molar-refractivity contribution is 0.0183. The van der Waals surface area contributed by atoms with Crippen LogP contribution in [0.4, 0.5) is 0 Å². The third-order valence-corrected chi connectivity index (χ3v) is 6.05. The van der Waals surface area contributed by atoms with Gasteiger partial charge < -0.3 is 5.11 Å². The van der Waals surface area contributed by atoms with E-state index in [1.165, 1.54) is 5.20 Å². The second-order valence-corrected chi connectivity index (χ2v) is 11.2. The van der Waals surface area contributed by atoms with Crippen LogP contribution < -0.4 is 0 Å². The maximum absolute atomic E-state index is 10.7. The highest BCUT2D eigenvalue weighted by Crippen LogP contribution is 2.36. The van der Waals surface area contributed by atoms with Gasteiger partial charge in [-0.1, -0.05) is 62.1 Å². The molecule has 94 valence electrons. The minimum Gasteiger partial charge on any atom is -0.385 e. The second-order valence-electron chi connectivity index (χ2n) is 6.01. The Labute approximate surface area is 106 Å². The Morgan fingerprint density at radius 3 is 2.12 bits per heavy atom. The summed E-state index contributed by atoms with van der Waals surface area (Å²) in [5, 5.41) is 12.0. The maximum atomic E-state index is 10.7. The van der Waals surface area contributed by atoms with Gasteiger partial charge in [-0.25, -0.2) is 0 Å². The Balaban J connectivity index is 3.03. The number of aliphatic hydroxyl groups is 1. The van der Waals surface area contributed by atoms with Gasteiger partial charge in [-0.2, -0.15) is 0 Å². The lowest BCUT2D eigenvalue weighted by Crippen LogP contribution is -2.38. The molecule has 1 N–H and O–H groups in total. The Morgan fingerprint density at radius 2 is 1.71 bits per heavy atom. The molecule has 2 heteroatoms. The molecule has 0 radical (unpaired) electrons. The smallest absolute Gasteiger partial charge is 0.0927 e. The zero-order chi connectivity index (χ0) is 13.3. The van der Waals surface area contributed by atoms with Crippen LogP contribution in [0.2, 0.25) is 19.6 Å². The number of rotatable bonds is 4. The monoisotopic (exact) mass is 248 g/mol. The first-order valence-corrected chi connectivity index (χ1v) is 9.64. The SMILES string of the molecule is C=C([C@@H](C)[C@](C)(O)c1ccccc1)[Si](C)(C)C. The molecule has 0 aliphatic heterocycles. The van der Waals surface area contributed by atoms with Gasteiger partial charge in [0.2, 0.25) is 0 Å². The average Bonchev–Trinajstić information content (AvgIpc) is 2.27. The molecule has 0 saturated heterocycles. The summed E-state index contributed by atoms with van der Waals surface area (Å²) in [6.07, 6.45) is 0. The third-order valence-electron chi connectivity index (χ3n) is 3.69. The molecule has 0 aromatic heterocycles. The van der Waals surface area contributed by atoms with Crippen molar-refractivity contribution in [3.8, 4) is 0 Å². The molecule has 0 aliphatic carbocycles. The summed E-state index contributed by atoms with van der Waals surface area (Å²) in [6, 6.07) is 9.86. The molecule has 0 unspecified atom stereocenters. The van der Waals surface area contributed by atoms with E-state index >= 15 is 0 Å². The fourth-order valence-corrected chi connectivity index (χ4v) is 3.59. The van der Waals surface area contributed by atoms with Crippen LogP contribution in [0.3, 0.4) is 0 Å². The lowest BCUT2D eigenvalue weighted by atomic mass is 9.84. The fraction of sp³-hybridized carbons (Fsp3) is 0.467. The minimum atomic E-state index is -1.42. The van der Waals surface area contributed by atoms with E-state index < -0.39 is 13.7 Å². The standard InChI is InChI=1S/C15H24OSi/c1-12(13(2)17(4,5)6)15(3,16)14-10-8-7-9-11-14/h7-12,16H,2H2,1,3-6H3/t12-,15+/m1/s1. The third kappa shape index (κ3) is 3.08. The first-order valence-electron chi connectivity index (χ1n) is 6.14. The van der Waals surface area contributed by atoms with Gasteiger partial charge in [-0.05, 0) is 12.5 Å². The van der Waals surface area contributed by atoms with E-state index in [-0.39, 0.29) is 5.92 Å². The molecule has 0 heterocycles. The molecule has 2 atom stereocenters. The summed E-state index contributed by atoms with van der Waals surface area (Å²) in [5.74, 6) is 0.0802. The van der Waals surface area contributed by atoms with Crippen LogP contribution in [0.5, 0.6) is 0 Å². The molecule has 0 saturated carbocycles. The molecule has 0 amide bonds. The van der Waals surface area contributed by atoms with Crippen molar-refractivity contribution < 1.29 is 5.11 Å². The van der Waals surface area contributed by atoms with Gasteiger partial charge in [0, 0.05) is 5.92 Å². The van der Waals surface area contributed by atoms with Crippen molar-refractivity contribution in [1.82, 2.24) is 0 Å². The van der Waals surface area contributed by atoms with Crippen LogP contribution in [0.15, 0.2) is 42.1 Å². The molecule has 0 aliphatic rings. The molecular weight excluding hydrogens is 224 g/mol. The summed E-state index contributed by atoms with van der Waals surface area (Å²) < 4.78 is 0. The van der Waals surface area contributed by atoms with Crippen LogP contribution in [0.25, 0.3) is 0 Å². The Hall–Kier alpha value is -0.863. The van der Waals surface area contributed by atoms with Crippen LogP contribution >= 0.6 is 0 Å². The zero-order valence-corrected chi connectivity index (χ0v) is 12.6. The van der Waals surface area contributed by atoms with E-state index in [1.807, 2.05) is 37.3 Å². The van der Waals surface area contributed by atoms with Gasteiger partial charge >= 0.3 is 0 Å². The first kappa shape index (κ1) is 14.2. The van der Waals surface area contributed by atoms with Gasteiger partial charge in [0.25, 0.3) is 0 Å².